The zero-order chi connectivity index (χ0) is 9.68. The SMILES string of the molecule is COCCOC(=O)C(C)C1CNC1. The molecule has 0 aromatic rings. The molecule has 0 amide bonds. The molecule has 0 spiro atoms. The van der Waals surface area contributed by atoms with Gasteiger partial charge in [-0.2, -0.15) is 0 Å². The molecule has 1 N–H and O–H groups in total. The molecule has 1 saturated heterocycles. The molecule has 0 saturated carbocycles. The molecular weight excluding hydrogens is 170 g/mol. The second-order valence-electron chi connectivity index (χ2n) is 3.37. The molecule has 1 atom stereocenters. The van der Waals surface area contributed by atoms with Gasteiger partial charge < -0.3 is 14.8 Å². The van der Waals surface area contributed by atoms with Crippen molar-refractivity contribution >= 4 is 5.97 Å². The van der Waals surface area contributed by atoms with Crippen LogP contribution in [0.2, 0.25) is 0 Å². The van der Waals surface area contributed by atoms with Gasteiger partial charge in [-0.3, -0.25) is 4.79 Å². The van der Waals surface area contributed by atoms with Crippen LogP contribution >= 0.6 is 0 Å². The van der Waals surface area contributed by atoms with E-state index in [1.807, 2.05) is 6.92 Å². The largest absolute Gasteiger partial charge is 0.463 e. The molecule has 0 aromatic carbocycles. The quantitative estimate of drug-likeness (QED) is 0.487. The maximum atomic E-state index is 11.3. The fourth-order valence-electron chi connectivity index (χ4n) is 1.21. The highest BCUT2D eigenvalue weighted by atomic mass is 16.6. The van der Waals surface area contributed by atoms with Crippen LogP contribution in [0.4, 0.5) is 0 Å². The van der Waals surface area contributed by atoms with Crippen molar-refractivity contribution < 1.29 is 14.3 Å². The summed E-state index contributed by atoms with van der Waals surface area (Å²) in [6.07, 6.45) is 0. The van der Waals surface area contributed by atoms with Gasteiger partial charge in [-0.1, -0.05) is 6.92 Å². The number of rotatable bonds is 5. The lowest BCUT2D eigenvalue weighted by atomic mass is 9.89. The van der Waals surface area contributed by atoms with Crippen LogP contribution in [0.1, 0.15) is 6.92 Å². The second kappa shape index (κ2) is 5.19. The third kappa shape index (κ3) is 2.97. The number of carbonyl (C=O) groups excluding carboxylic acids is 1. The molecule has 0 aliphatic carbocycles. The van der Waals surface area contributed by atoms with Gasteiger partial charge in [0.2, 0.25) is 0 Å². The van der Waals surface area contributed by atoms with Gasteiger partial charge in [-0.15, -0.1) is 0 Å². The van der Waals surface area contributed by atoms with Crippen LogP contribution in [0.3, 0.4) is 0 Å². The summed E-state index contributed by atoms with van der Waals surface area (Å²) in [6.45, 7) is 4.61. The van der Waals surface area contributed by atoms with Crippen LogP contribution in [0.15, 0.2) is 0 Å². The third-order valence-corrected chi connectivity index (χ3v) is 2.42. The molecule has 4 nitrogen and oxygen atoms in total. The fraction of sp³-hybridized carbons (Fsp3) is 0.889. The lowest BCUT2D eigenvalue weighted by Crippen LogP contribution is -2.47. The number of methoxy groups -OCH3 is 1. The predicted molar refractivity (Wildman–Crippen MR) is 48.4 cm³/mol. The van der Waals surface area contributed by atoms with E-state index in [4.69, 9.17) is 9.47 Å². The van der Waals surface area contributed by atoms with Gasteiger partial charge in [-0.25, -0.2) is 0 Å². The molecule has 13 heavy (non-hydrogen) atoms. The fourth-order valence-corrected chi connectivity index (χ4v) is 1.21. The van der Waals surface area contributed by atoms with E-state index in [1.165, 1.54) is 0 Å². The van der Waals surface area contributed by atoms with E-state index in [9.17, 15) is 4.79 Å². The minimum absolute atomic E-state index is 0.0121. The molecule has 1 aliphatic rings. The average molecular weight is 187 g/mol. The molecular formula is C9H17NO3. The van der Waals surface area contributed by atoms with Crippen molar-refractivity contribution in [1.29, 1.82) is 0 Å². The average Bonchev–Trinajstić information content (AvgIpc) is 2.01. The van der Waals surface area contributed by atoms with Crippen LogP contribution in [0, 0.1) is 11.8 Å². The molecule has 4 heteroatoms. The number of hydrogen-bond acceptors (Lipinski definition) is 4. The first-order valence-corrected chi connectivity index (χ1v) is 4.62. The molecule has 1 unspecified atom stereocenters. The van der Waals surface area contributed by atoms with Crippen molar-refractivity contribution in [3.8, 4) is 0 Å². The van der Waals surface area contributed by atoms with Crippen molar-refractivity contribution in [2.24, 2.45) is 11.8 Å². The Morgan fingerprint density at radius 2 is 2.23 bits per heavy atom. The molecule has 1 aliphatic heterocycles. The lowest BCUT2D eigenvalue weighted by molar-refractivity contribution is -0.151. The molecule has 1 fully saturated rings. The number of esters is 1. The highest BCUT2D eigenvalue weighted by Gasteiger charge is 2.29. The van der Waals surface area contributed by atoms with Crippen molar-refractivity contribution in [2.75, 3.05) is 33.4 Å². The summed E-state index contributed by atoms with van der Waals surface area (Å²) in [4.78, 5) is 11.3. The van der Waals surface area contributed by atoms with E-state index in [2.05, 4.69) is 5.32 Å². The van der Waals surface area contributed by atoms with Gasteiger partial charge in [0.15, 0.2) is 0 Å². The van der Waals surface area contributed by atoms with E-state index in [1.54, 1.807) is 7.11 Å². The van der Waals surface area contributed by atoms with Gasteiger partial charge in [0, 0.05) is 7.11 Å². The summed E-state index contributed by atoms with van der Waals surface area (Å²) in [5.74, 6) is 0.358. The minimum atomic E-state index is -0.108. The zero-order valence-electron chi connectivity index (χ0n) is 8.21. The Hall–Kier alpha value is -0.610. The van der Waals surface area contributed by atoms with Gasteiger partial charge in [-0.05, 0) is 19.0 Å². The first-order chi connectivity index (χ1) is 6.25. The van der Waals surface area contributed by atoms with Crippen LogP contribution in [-0.2, 0) is 14.3 Å². The Kier molecular flexibility index (Phi) is 4.18. The number of carbonyl (C=O) groups is 1. The smallest absolute Gasteiger partial charge is 0.309 e. The van der Waals surface area contributed by atoms with E-state index in [0.717, 1.165) is 13.1 Å². The van der Waals surface area contributed by atoms with E-state index in [-0.39, 0.29) is 11.9 Å². The third-order valence-electron chi connectivity index (χ3n) is 2.42. The zero-order valence-corrected chi connectivity index (χ0v) is 8.21. The Morgan fingerprint density at radius 3 is 2.69 bits per heavy atom. The van der Waals surface area contributed by atoms with Crippen LogP contribution < -0.4 is 5.32 Å². The summed E-state index contributed by atoms with van der Waals surface area (Å²) in [6, 6.07) is 0. The number of hydrogen-bond donors (Lipinski definition) is 1. The molecule has 0 bridgehead atoms. The first kappa shape index (κ1) is 10.5. The lowest BCUT2D eigenvalue weighted by Gasteiger charge is -2.31. The highest BCUT2D eigenvalue weighted by molar-refractivity contribution is 5.72. The summed E-state index contributed by atoms with van der Waals surface area (Å²) in [5.41, 5.74) is 0. The van der Waals surface area contributed by atoms with E-state index in [0.29, 0.717) is 19.1 Å². The highest BCUT2D eigenvalue weighted by Crippen LogP contribution is 2.16. The number of ether oxygens (including phenoxy) is 2. The standard InChI is InChI=1S/C9H17NO3/c1-7(8-5-10-6-8)9(11)13-4-3-12-2/h7-8,10H,3-6H2,1-2H3. The van der Waals surface area contributed by atoms with Crippen molar-refractivity contribution in [3.05, 3.63) is 0 Å². The van der Waals surface area contributed by atoms with Gasteiger partial charge in [0.25, 0.3) is 0 Å². The monoisotopic (exact) mass is 187 g/mol. The summed E-state index contributed by atoms with van der Waals surface area (Å²) >= 11 is 0. The molecule has 1 heterocycles. The maximum absolute atomic E-state index is 11.3. The maximum Gasteiger partial charge on any atom is 0.309 e. The predicted octanol–water partition coefficient (Wildman–Crippen LogP) is 0.0315. The Bertz CT molecular complexity index is 168. The first-order valence-electron chi connectivity index (χ1n) is 4.62. The Morgan fingerprint density at radius 1 is 1.54 bits per heavy atom. The number of nitrogens with one attached hydrogen (secondary N) is 1. The van der Waals surface area contributed by atoms with Crippen LogP contribution in [0.5, 0.6) is 0 Å². The normalized spacial score (nSPS) is 19.2. The topological polar surface area (TPSA) is 47.6 Å². The van der Waals surface area contributed by atoms with Crippen LogP contribution in [-0.4, -0.2) is 39.4 Å². The van der Waals surface area contributed by atoms with E-state index < -0.39 is 0 Å². The van der Waals surface area contributed by atoms with Gasteiger partial charge in [0.1, 0.15) is 6.61 Å². The molecule has 1 rings (SSSR count). The minimum Gasteiger partial charge on any atom is -0.463 e. The molecule has 0 radical (unpaired) electrons. The summed E-state index contributed by atoms with van der Waals surface area (Å²) < 4.78 is 9.79. The second-order valence-corrected chi connectivity index (χ2v) is 3.37. The molecule has 76 valence electrons. The van der Waals surface area contributed by atoms with Gasteiger partial charge in [0.05, 0.1) is 12.5 Å². The van der Waals surface area contributed by atoms with Crippen molar-refractivity contribution in [3.63, 3.8) is 0 Å². The molecule has 0 aromatic heterocycles. The summed E-state index contributed by atoms with van der Waals surface area (Å²) in [7, 11) is 1.59. The van der Waals surface area contributed by atoms with Crippen LogP contribution in [0.25, 0.3) is 0 Å². The van der Waals surface area contributed by atoms with Gasteiger partial charge >= 0.3 is 5.97 Å². The van der Waals surface area contributed by atoms with E-state index >= 15 is 0 Å². The Labute approximate surface area is 78.6 Å². The van der Waals surface area contributed by atoms with Crippen molar-refractivity contribution in [2.45, 2.75) is 6.92 Å². The summed E-state index contributed by atoms with van der Waals surface area (Å²) in [5, 5.41) is 3.13. The Balaban J connectivity index is 2.13. The van der Waals surface area contributed by atoms with Crippen molar-refractivity contribution in [1.82, 2.24) is 5.32 Å².